The van der Waals surface area contributed by atoms with E-state index in [1.807, 2.05) is 10.6 Å². The predicted molar refractivity (Wildman–Crippen MR) is 84.9 cm³/mol. The quantitative estimate of drug-likeness (QED) is 0.648. The molecule has 0 aliphatic heterocycles. The molecular weight excluding hydrogens is 287 g/mol. The maximum absolute atomic E-state index is 14.0. The lowest BCUT2D eigenvalue weighted by molar-refractivity contribution is 0.637. The van der Waals surface area contributed by atoms with Crippen molar-refractivity contribution >= 4 is 22.6 Å². The fourth-order valence-corrected chi connectivity index (χ4v) is 2.86. The molecule has 0 amide bonds. The van der Waals surface area contributed by atoms with Crippen molar-refractivity contribution < 1.29 is 4.39 Å². The van der Waals surface area contributed by atoms with Crippen molar-refractivity contribution in [1.29, 1.82) is 0 Å². The van der Waals surface area contributed by atoms with Crippen LogP contribution in [0.5, 0.6) is 0 Å². The lowest BCUT2D eigenvalue weighted by Crippen LogP contribution is -2.04. The number of halogens is 2. The number of hydrogen-bond donors (Lipinski definition) is 0. The standard InChI is InChI=1S/C17H16ClFN2/c1-11-6-7-14(12(2)10-11)21-15-5-3-4-13(19)17(15)20-16(21)8-9-18/h3-7,10H,8-9H2,1-2H3. The minimum atomic E-state index is -0.299. The van der Waals surface area contributed by atoms with Crippen LogP contribution in [-0.2, 0) is 6.42 Å². The van der Waals surface area contributed by atoms with Crippen LogP contribution in [0.15, 0.2) is 36.4 Å². The summed E-state index contributed by atoms with van der Waals surface area (Å²) in [5, 5.41) is 0. The average molecular weight is 303 g/mol. The molecule has 0 spiro atoms. The van der Waals surface area contributed by atoms with Gasteiger partial charge in [0.2, 0.25) is 0 Å². The third kappa shape index (κ3) is 2.42. The molecule has 0 unspecified atom stereocenters. The molecular formula is C17H16ClFN2. The second-order valence-electron chi connectivity index (χ2n) is 5.20. The minimum Gasteiger partial charge on any atom is -0.296 e. The third-order valence-electron chi connectivity index (χ3n) is 3.62. The molecule has 108 valence electrons. The number of alkyl halides is 1. The summed E-state index contributed by atoms with van der Waals surface area (Å²) in [7, 11) is 0. The van der Waals surface area contributed by atoms with E-state index in [0.29, 0.717) is 17.8 Å². The highest BCUT2D eigenvalue weighted by atomic mass is 35.5. The van der Waals surface area contributed by atoms with Crippen LogP contribution >= 0.6 is 11.6 Å². The topological polar surface area (TPSA) is 17.8 Å². The highest BCUT2D eigenvalue weighted by molar-refractivity contribution is 6.17. The fourth-order valence-electron chi connectivity index (χ4n) is 2.69. The Morgan fingerprint density at radius 1 is 1.19 bits per heavy atom. The summed E-state index contributed by atoms with van der Waals surface area (Å²) < 4.78 is 16.0. The van der Waals surface area contributed by atoms with Gasteiger partial charge in [0, 0.05) is 12.3 Å². The van der Waals surface area contributed by atoms with Crippen LogP contribution < -0.4 is 0 Å². The van der Waals surface area contributed by atoms with Gasteiger partial charge in [0.25, 0.3) is 0 Å². The zero-order chi connectivity index (χ0) is 15.0. The van der Waals surface area contributed by atoms with Gasteiger partial charge in [0.15, 0.2) is 5.82 Å². The SMILES string of the molecule is Cc1ccc(-n2c(CCCl)nc3c(F)cccc32)c(C)c1. The zero-order valence-corrected chi connectivity index (χ0v) is 12.8. The van der Waals surface area contributed by atoms with E-state index in [1.165, 1.54) is 11.6 Å². The highest BCUT2D eigenvalue weighted by Crippen LogP contribution is 2.26. The number of aryl methyl sites for hydroxylation is 3. The molecule has 0 radical (unpaired) electrons. The van der Waals surface area contributed by atoms with Crippen LogP contribution in [0, 0.1) is 19.7 Å². The summed E-state index contributed by atoms with van der Waals surface area (Å²) in [5.41, 5.74) is 4.54. The van der Waals surface area contributed by atoms with Gasteiger partial charge in [0.1, 0.15) is 11.3 Å². The Labute approximate surface area is 128 Å². The second kappa shape index (κ2) is 5.49. The van der Waals surface area contributed by atoms with Crippen molar-refractivity contribution in [2.45, 2.75) is 20.3 Å². The molecule has 0 aliphatic rings. The van der Waals surface area contributed by atoms with E-state index < -0.39 is 0 Å². The molecule has 0 aliphatic carbocycles. The van der Waals surface area contributed by atoms with Crippen LogP contribution in [0.2, 0.25) is 0 Å². The molecule has 0 saturated carbocycles. The number of imidazole rings is 1. The second-order valence-corrected chi connectivity index (χ2v) is 5.58. The summed E-state index contributed by atoms with van der Waals surface area (Å²) in [6.45, 7) is 4.11. The molecule has 2 aromatic carbocycles. The first-order valence-corrected chi connectivity index (χ1v) is 7.44. The molecule has 3 rings (SSSR count). The van der Waals surface area contributed by atoms with E-state index in [4.69, 9.17) is 11.6 Å². The summed E-state index contributed by atoms with van der Waals surface area (Å²) in [6, 6.07) is 11.3. The molecule has 3 aromatic rings. The van der Waals surface area contributed by atoms with E-state index in [2.05, 4.69) is 37.0 Å². The highest BCUT2D eigenvalue weighted by Gasteiger charge is 2.15. The molecule has 21 heavy (non-hydrogen) atoms. The smallest absolute Gasteiger partial charge is 0.151 e. The zero-order valence-electron chi connectivity index (χ0n) is 12.0. The Bertz CT molecular complexity index is 808. The summed E-state index contributed by atoms with van der Waals surface area (Å²) in [6.07, 6.45) is 0.600. The number of aromatic nitrogens is 2. The van der Waals surface area contributed by atoms with Gasteiger partial charge in [0.05, 0.1) is 11.2 Å². The molecule has 0 saturated heterocycles. The van der Waals surface area contributed by atoms with Gasteiger partial charge in [-0.1, -0.05) is 23.8 Å². The Kier molecular flexibility index (Phi) is 3.68. The lowest BCUT2D eigenvalue weighted by atomic mass is 10.1. The van der Waals surface area contributed by atoms with Crippen molar-refractivity contribution in [1.82, 2.24) is 9.55 Å². The first-order valence-electron chi connectivity index (χ1n) is 6.91. The predicted octanol–water partition coefficient (Wildman–Crippen LogP) is 4.56. The van der Waals surface area contributed by atoms with E-state index in [0.717, 1.165) is 22.6 Å². The fraction of sp³-hybridized carbons (Fsp3) is 0.235. The van der Waals surface area contributed by atoms with Crippen LogP contribution in [-0.4, -0.2) is 15.4 Å². The number of nitrogens with zero attached hydrogens (tertiary/aromatic N) is 2. The Hall–Kier alpha value is -1.87. The van der Waals surface area contributed by atoms with Crippen LogP contribution in [0.25, 0.3) is 16.7 Å². The summed E-state index contributed by atoms with van der Waals surface area (Å²) in [5.74, 6) is 0.944. The van der Waals surface area contributed by atoms with Gasteiger partial charge >= 0.3 is 0 Å². The molecule has 0 bridgehead atoms. The number of benzene rings is 2. The number of para-hydroxylation sites is 1. The average Bonchev–Trinajstić information content (AvgIpc) is 2.79. The van der Waals surface area contributed by atoms with Gasteiger partial charge in [-0.2, -0.15) is 0 Å². The van der Waals surface area contributed by atoms with Gasteiger partial charge in [-0.25, -0.2) is 9.37 Å². The van der Waals surface area contributed by atoms with E-state index in [9.17, 15) is 4.39 Å². The molecule has 1 heterocycles. The molecule has 2 nitrogen and oxygen atoms in total. The van der Waals surface area contributed by atoms with Crippen molar-refractivity contribution in [3.63, 3.8) is 0 Å². The normalized spacial score (nSPS) is 11.2. The lowest BCUT2D eigenvalue weighted by Gasteiger charge is -2.12. The van der Waals surface area contributed by atoms with E-state index >= 15 is 0 Å². The van der Waals surface area contributed by atoms with Crippen molar-refractivity contribution in [2.75, 3.05) is 5.88 Å². The van der Waals surface area contributed by atoms with Gasteiger partial charge in [-0.05, 0) is 37.6 Å². The Morgan fingerprint density at radius 2 is 2.00 bits per heavy atom. The minimum absolute atomic E-state index is 0.299. The molecule has 0 fully saturated rings. The molecule has 1 aromatic heterocycles. The molecule has 0 atom stereocenters. The van der Waals surface area contributed by atoms with Crippen molar-refractivity contribution in [2.24, 2.45) is 0 Å². The van der Waals surface area contributed by atoms with Gasteiger partial charge < -0.3 is 0 Å². The number of hydrogen-bond acceptors (Lipinski definition) is 1. The van der Waals surface area contributed by atoms with Crippen LogP contribution in [0.3, 0.4) is 0 Å². The van der Waals surface area contributed by atoms with E-state index in [1.54, 1.807) is 6.07 Å². The molecule has 0 N–H and O–H groups in total. The maximum Gasteiger partial charge on any atom is 0.151 e. The van der Waals surface area contributed by atoms with E-state index in [-0.39, 0.29) is 5.82 Å². The number of fused-ring (bicyclic) bond motifs is 1. The summed E-state index contributed by atoms with van der Waals surface area (Å²) >= 11 is 5.88. The summed E-state index contributed by atoms with van der Waals surface area (Å²) in [4.78, 5) is 4.45. The van der Waals surface area contributed by atoms with Crippen LogP contribution in [0.1, 0.15) is 17.0 Å². The van der Waals surface area contributed by atoms with Crippen molar-refractivity contribution in [3.8, 4) is 5.69 Å². The third-order valence-corrected chi connectivity index (χ3v) is 3.81. The maximum atomic E-state index is 14.0. The molecule has 4 heteroatoms. The monoisotopic (exact) mass is 302 g/mol. The Morgan fingerprint density at radius 3 is 2.71 bits per heavy atom. The van der Waals surface area contributed by atoms with Gasteiger partial charge in [-0.15, -0.1) is 11.6 Å². The first-order chi connectivity index (χ1) is 10.1. The van der Waals surface area contributed by atoms with Crippen LogP contribution in [0.4, 0.5) is 4.39 Å². The number of rotatable bonds is 3. The Balaban J connectivity index is 2.33. The van der Waals surface area contributed by atoms with Gasteiger partial charge in [-0.3, -0.25) is 4.57 Å². The van der Waals surface area contributed by atoms with Crippen molar-refractivity contribution in [3.05, 3.63) is 59.2 Å². The first kappa shape index (κ1) is 14.1. The largest absolute Gasteiger partial charge is 0.296 e.